The Balaban J connectivity index is 1.68. The van der Waals surface area contributed by atoms with Gasteiger partial charge in [-0.05, 0) is 47.7 Å². The van der Waals surface area contributed by atoms with Crippen LogP contribution in [-0.4, -0.2) is 24.9 Å². The maximum atomic E-state index is 12.0. The molecule has 0 aromatic heterocycles. The second-order valence-electron chi connectivity index (χ2n) is 6.70. The standard InChI is InChI=1S/C21H25ClN2O2/c1-15(2)13-16-3-5-17(6-4-16)14-20(25)23-11-12-24-21(26)18-7-9-19(22)10-8-18/h3-10,15H,11-14H2,1-2H3,(H,23,25)(H,24,26). The van der Waals surface area contributed by atoms with Crippen molar-refractivity contribution >= 4 is 23.4 Å². The highest BCUT2D eigenvalue weighted by molar-refractivity contribution is 6.30. The second kappa shape index (κ2) is 9.97. The van der Waals surface area contributed by atoms with Gasteiger partial charge in [0.1, 0.15) is 0 Å². The Morgan fingerprint density at radius 3 is 2.08 bits per heavy atom. The molecule has 0 atom stereocenters. The molecule has 2 aromatic rings. The molecule has 0 saturated heterocycles. The fourth-order valence-corrected chi connectivity index (χ4v) is 2.72. The molecule has 2 aromatic carbocycles. The van der Waals surface area contributed by atoms with E-state index in [0.29, 0.717) is 36.0 Å². The molecule has 0 aliphatic rings. The van der Waals surface area contributed by atoms with Crippen molar-refractivity contribution in [2.75, 3.05) is 13.1 Å². The normalized spacial score (nSPS) is 10.6. The molecule has 138 valence electrons. The van der Waals surface area contributed by atoms with Gasteiger partial charge >= 0.3 is 0 Å². The largest absolute Gasteiger partial charge is 0.354 e. The minimum Gasteiger partial charge on any atom is -0.354 e. The van der Waals surface area contributed by atoms with Crippen molar-refractivity contribution in [3.05, 3.63) is 70.2 Å². The van der Waals surface area contributed by atoms with Crippen molar-refractivity contribution in [3.8, 4) is 0 Å². The van der Waals surface area contributed by atoms with E-state index < -0.39 is 0 Å². The Labute approximate surface area is 159 Å². The van der Waals surface area contributed by atoms with E-state index >= 15 is 0 Å². The summed E-state index contributed by atoms with van der Waals surface area (Å²) in [6, 6.07) is 14.8. The number of amides is 2. The van der Waals surface area contributed by atoms with Crippen LogP contribution in [0, 0.1) is 5.92 Å². The lowest BCUT2D eigenvalue weighted by Gasteiger charge is -2.08. The third-order valence-corrected chi connectivity index (χ3v) is 4.12. The van der Waals surface area contributed by atoms with Crippen LogP contribution >= 0.6 is 11.6 Å². The Hall–Kier alpha value is -2.33. The average molecular weight is 373 g/mol. The van der Waals surface area contributed by atoms with Crippen LogP contribution in [0.2, 0.25) is 5.02 Å². The summed E-state index contributed by atoms with van der Waals surface area (Å²) in [4.78, 5) is 23.9. The van der Waals surface area contributed by atoms with Crippen LogP contribution in [0.15, 0.2) is 48.5 Å². The van der Waals surface area contributed by atoms with Gasteiger partial charge in [0.2, 0.25) is 5.91 Å². The molecule has 2 N–H and O–H groups in total. The lowest BCUT2D eigenvalue weighted by Crippen LogP contribution is -2.35. The predicted octanol–water partition coefficient (Wildman–Crippen LogP) is 3.63. The Kier molecular flexibility index (Phi) is 7.67. The quantitative estimate of drug-likeness (QED) is 0.695. The van der Waals surface area contributed by atoms with E-state index in [1.54, 1.807) is 24.3 Å². The number of benzene rings is 2. The van der Waals surface area contributed by atoms with Crippen LogP contribution < -0.4 is 10.6 Å². The van der Waals surface area contributed by atoms with E-state index in [2.05, 4.69) is 36.6 Å². The van der Waals surface area contributed by atoms with Gasteiger partial charge < -0.3 is 10.6 Å². The molecule has 2 rings (SSSR count). The molecule has 0 aliphatic carbocycles. The number of hydrogen-bond acceptors (Lipinski definition) is 2. The first-order chi connectivity index (χ1) is 12.4. The van der Waals surface area contributed by atoms with Crippen molar-refractivity contribution in [2.24, 2.45) is 5.92 Å². The number of halogens is 1. The van der Waals surface area contributed by atoms with Gasteiger partial charge in [0.05, 0.1) is 6.42 Å². The summed E-state index contributed by atoms with van der Waals surface area (Å²) in [5, 5.41) is 6.17. The molecule has 0 unspecified atom stereocenters. The summed E-state index contributed by atoms with van der Waals surface area (Å²) in [6.45, 7) is 5.14. The lowest BCUT2D eigenvalue weighted by atomic mass is 10.0. The van der Waals surface area contributed by atoms with Crippen molar-refractivity contribution < 1.29 is 9.59 Å². The fraction of sp³-hybridized carbons (Fsp3) is 0.333. The van der Waals surface area contributed by atoms with Crippen molar-refractivity contribution in [1.82, 2.24) is 10.6 Å². The minimum atomic E-state index is -0.184. The predicted molar refractivity (Wildman–Crippen MR) is 105 cm³/mol. The highest BCUT2D eigenvalue weighted by Crippen LogP contribution is 2.10. The average Bonchev–Trinajstić information content (AvgIpc) is 2.60. The number of carbonyl (C=O) groups is 2. The molecule has 0 bridgehead atoms. The molecular formula is C21H25ClN2O2. The number of nitrogens with one attached hydrogen (secondary N) is 2. The third kappa shape index (κ3) is 6.89. The molecule has 0 radical (unpaired) electrons. The number of hydrogen-bond donors (Lipinski definition) is 2. The minimum absolute atomic E-state index is 0.0534. The van der Waals surface area contributed by atoms with Crippen LogP contribution in [-0.2, 0) is 17.6 Å². The van der Waals surface area contributed by atoms with E-state index in [4.69, 9.17) is 11.6 Å². The van der Waals surface area contributed by atoms with Crippen molar-refractivity contribution in [1.29, 1.82) is 0 Å². The van der Waals surface area contributed by atoms with Crippen LogP contribution in [0.5, 0.6) is 0 Å². The smallest absolute Gasteiger partial charge is 0.251 e. The van der Waals surface area contributed by atoms with Gasteiger partial charge in [-0.15, -0.1) is 0 Å². The highest BCUT2D eigenvalue weighted by Gasteiger charge is 2.06. The summed E-state index contributed by atoms with van der Waals surface area (Å²) in [5.41, 5.74) is 2.82. The first-order valence-electron chi connectivity index (χ1n) is 8.82. The Bertz CT molecular complexity index is 725. The van der Waals surface area contributed by atoms with Crippen molar-refractivity contribution in [3.63, 3.8) is 0 Å². The van der Waals surface area contributed by atoms with Gasteiger partial charge in [0.15, 0.2) is 0 Å². The van der Waals surface area contributed by atoms with Crippen LogP contribution in [0.1, 0.15) is 35.3 Å². The molecular weight excluding hydrogens is 348 g/mol. The van der Waals surface area contributed by atoms with Gasteiger partial charge in [-0.25, -0.2) is 0 Å². The zero-order chi connectivity index (χ0) is 18.9. The first kappa shape index (κ1) is 20.0. The molecule has 0 aliphatic heterocycles. The molecule has 2 amide bonds. The lowest BCUT2D eigenvalue weighted by molar-refractivity contribution is -0.120. The van der Waals surface area contributed by atoms with Crippen LogP contribution in [0.4, 0.5) is 0 Å². The third-order valence-electron chi connectivity index (χ3n) is 3.87. The molecule has 0 saturated carbocycles. The van der Waals surface area contributed by atoms with E-state index in [1.807, 2.05) is 12.1 Å². The monoisotopic (exact) mass is 372 g/mol. The Morgan fingerprint density at radius 2 is 1.46 bits per heavy atom. The molecule has 0 heterocycles. The Morgan fingerprint density at radius 1 is 0.885 bits per heavy atom. The van der Waals surface area contributed by atoms with Crippen LogP contribution in [0.25, 0.3) is 0 Å². The highest BCUT2D eigenvalue weighted by atomic mass is 35.5. The zero-order valence-electron chi connectivity index (χ0n) is 15.2. The van der Waals surface area contributed by atoms with Gasteiger partial charge in [0.25, 0.3) is 5.91 Å². The molecule has 0 fully saturated rings. The van der Waals surface area contributed by atoms with E-state index in [1.165, 1.54) is 5.56 Å². The molecule has 5 heteroatoms. The summed E-state index contributed by atoms with van der Waals surface area (Å²) < 4.78 is 0. The van der Waals surface area contributed by atoms with Crippen LogP contribution in [0.3, 0.4) is 0 Å². The van der Waals surface area contributed by atoms with E-state index in [-0.39, 0.29) is 11.8 Å². The topological polar surface area (TPSA) is 58.2 Å². The molecule has 26 heavy (non-hydrogen) atoms. The summed E-state index contributed by atoms with van der Waals surface area (Å²) >= 11 is 5.80. The maximum absolute atomic E-state index is 12.0. The summed E-state index contributed by atoms with van der Waals surface area (Å²) in [5.74, 6) is 0.381. The zero-order valence-corrected chi connectivity index (χ0v) is 16.0. The maximum Gasteiger partial charge on any atom is 0.251 e. The van der Waals surface area contributed by atoms with E-state index in [9.17, 15) is 9.59 Å². The second-order valence-corrected chi connectivity index (χ2v) is 7.14. The van der Waals surface area contributed by atoms with Gasteiger partial charge in [-0.3, -0.25) is 9.59 Å². The molecule has 4 nitrogen and oxygen atoms in total. The summed E-state index contributed by atoms with van der Waals surface area (Å²) in [6.07, 6.45) is 1.38. The van der Waals surface area contributed by atoms with Gasteiger partial charge in [-0.2, -0.15) is 0 Å². The van der Waals surface area contributed by atoms with Gasteiger partial charge in [-0.1, -0.05) is 49.7 Å². The molecule has 0 spiro atoms. The van der Waals surface area contributed by atoms with Crippen molar-refractivity contribution in [2.45, 2.75) is 26.7 Å². The van der Waals surface area contributed by atoms with E-state index in [0.717, 1.165) is 12.0 Å². The van der Waals surface area contributed by atoms with Gasteiger partial charge in [0, 0.05) is 23.7 Å². The fourth-order valence-electron chi connectivity index (χ4n) is 2.59. The number of rotatable bonds is 8. The number of carbonyl (C=O) groups excluding carboxylic acids is 2. The first-order valence-corrected chi connectivity index (χ1v) is 9.20. The summed E-state index contributed by atoms with van der Waals surface area (Å²) in [7, 11) is 0. The SMILES string of the molecule is CC(C)Cc1ccc(CC(=O)NCCNC(=O)c2ccc(Cl)cc2)cc1.